The van der Waals surface area contributed by atoms with Crippen molar-refractivity contribution < 1.29 is 28.4 Å². The second-order valence-electron chi connectivity index (χ2n) is 7.38. The number of nitrogens with zero attached hydrogens (tertiary/aromatic N) is 3. The van der Waals surface area contributed by atoms with Crippen LogP contribution in [-0.4, -0.2) is 65.4 Å². The average Bonchev–Trinajstić information content (AvgIpc) is 3.28. The highest BCUT2D eigenvalue weighted by Crippen LogP contribution is 2.39. The summed E-state index contributed by atoms with van der Waals surface area (Å²) in [4.78, 5) is 0. The van der Waals surface area contributed by atoms with Gasteiger partial charge in [0.15, 0.2) is 18.4 Å². The first-order valence-corrected chi connectivity index (χ1v) is 9.20. The van der Waals surface area contributed by atoms with E-state index >= 15 is 0 Å². The van der Waals surface area contributed by atoms with Crippen LogP contribution in [0.4, 0.5) is 0 Å². The number of hydrogen-bond donors (Lipinski definition) is 0. The molecule has 0 bridgehead atoms. The van der Waals surface area contributed by atoms with Crippen LogP contribution in [0, 0.1) is 0 Å². The lowest BCUT2D eigenvalue weighted by atomic mass is 10.1. The molecule has 9 heteroatoms. The van der Waals surface area contributed by atoms with Gasteiger partial charge in [-0.25, -0.2) is 4.68 Å². The van der Waals surface area contributed by atoms with Gasteiger partial charge in [0.05, 0.1) is 19.3 Å². The van der Waals surface area contributed by atoms with Crippen molar-refractivity contribution in [2.24, 2.45) is 0 Å². The van der Waals surface area contributed by atoms with Crippen LogP contribution >= 0.6 is 0 Å². The third-order valence-corrected chi connectivity index (χ3v) is 4.85. The molecule has 1 aromatic rings. The minimum absolute atomic E-state index is 0.137. The molecule has 5 atom stereocenters. The summed E-state index contributed by atoms with van der Waals surface area (Å²) < 4.78 is 36.3. The van der Waals surface area contributed by atoms with E-state index in [0.29, 0.717) is 13.2 Å². The number of fused-ring (bicyclic) bond motifs is 1. The first-order valence-electron chi connectivity index (χ1n) is 9.20. The minimum Gasteiger partial charge on any atom is -0.353 e. The molecule has 0 saturated carbocycles. The Hall–Kier alpha value is -1.10. The molecule has 0 aliphatic carbocycles. The van der Waals surface area contributed by atoms with E-state index in [1.807, 2.05) is 20.0 Å². The van der Waals surface area contributed by atoms with Crippen molar-refractivity contribution in [1.82, 2.24) is 15.0 Å². The molecule has 26 heavy (non-hydrogen) atoms. The monoisotopic (exact) mass is 369 g/mol. The molecular formula is C17H27N3O6. The number of methoxy groups -OCH3 is 1. The molecule has 0 spiro atoms. The van der Waals surface area contributed by atoms with Crippen molar-refractivity contribution in [3.05, 3.63) is 11.9 Å². The molecule has 0 amide bonds. The number of ether oxygens (including phenoxy) is 6. The maximum atomic E-state index is 5.99. The third-order valence-electron chi connectivity index (χ3n) is 4.85. The van der Waals surface area contributed by atoms with Crippen molar-refractivity contribution in [3.63, 3.8) is 0 Å². The Morgan fingerprint density at radius 3 is 2.88 bits per heavy atom. The number of rotatable bonds is 6. The van der Waals surface area contributed by atoms with E-state index in [9.17, 15) is 0 Å². The Morgan fingerprint density at radius 1 is 1.27 bits per heavy atom. The van der Waals surface area contributed by atoms with E-state index in [1.165, 1.54) is 0 Å². The molecule has 0 N–H and O–H groups in total. The van der Waals surface area contributed by atoms with Crippen molar-refractivity contribution in [3.8, 4) is 0 Å². The van der Waals surface area contributed by atoms with Crippen molar-refractivity contribution in [1.29, 1.82) is 0 Å². The molecule has 3 aliphatic heterocycles. The fraction of sp³-hybridized carbons (Fsp3) is 0.882. The number of aromatic nitrogens is 3. The Balaban J connectivity index is 1.33. The third kappa shape index (κ3) is 3.92. The van der Waals surface area contributed by atoms with Crippen molar-refractivity contribution in [2.75, 3.05) is 13.7 Å². The lowest BCUT2D eigenvalue weighted by Gasteiger charge is -2.23. The molecule has 3 saturated heterocycles. The van der Waals surface area contributed by atoms with Gasteiger partial charge in [-0.05, 0) is 33.1 Å². The smallest absolute Gasteiger partial charge is 0.186 e. The van der Waals surface area contributed by atoms with Crippen LogP contribution in [0.5, 0.6) is 0 Å². The van der Waals surface area contributed by atoms with Crippen LogP contribution in [0.2, 0.25) is 0 Å². The molecule has 9 nitrogen and oxygen atoms in total. The van der Waals surface area contributed by atoms with E-state index in [4.69, 9.17) is 28.4 Å². The summed E-state index contributed by atoms with van der Waals surface area (Å²) in [6.07, 6.45) is 3.79. The van der Waals surface area contributed by atoms with E-state index in [0.717, 1.165) is 31.6 Å². The molecule has 4 heterocycles. The quantitative estimate of drug-likeness (QED) is 0.740. The van der Waals surface area contributed by atoms with Crippen LogP contribution in [-0.2, 0) is 41.6 Å². The molecule has 3 fully saturated rings. The zero-order valence-corrected chi connectivity index (χ0v) is 15.5. The highest BCUT2D eigenvalue weighted by Gasteiger charge is 2.55. The zero-order valence-electron chi connectivity index (χ0n) is 15.5. The predicted molar refractivity (Wildman–Crippen MR) is 87.9 cm³/mol. The standard InChI is InChI=1S/C17H27N3O6/c1-17(2)25-14-12(24-16(21-3)15(14)26-17)9-20-8-11(18-19-20)10-23-13-6-4-5-7-22-13/h8,12-16H,4-7,9-10H2,1-3H3/t12-,13?,14-,15-,16-/m1/s1. The first kappa shape index (κ1) is 18.3. The summed E-state index contributed by atoms with van der Waals surface area (Å²) in [5.74, 6) is -0.643. The SMILES string of the molecule is CO[C@@H]1O[C@H](Cn2cc(COC3CCCCO3)nn2)[C@H]2OC(C)(C)O[C@@H]12. The van der Waals surface area contributed by atoms with Gasteiger partial charge in [-0.1, -0.05) is 5.21 Å². The second-order valence-corrected chi connectivity index (χ2v) is 7.38. The van der Waals surface area contributed by atoms with E-state index < -0.39 is 12.1 Å². The molecule has 4 rings (SSSR count). The maximum Gasteiger partial charge on any atom is 0.186 e. The highest BCUT2D eigenvalue weighted by molar-refractivity contribution is 4.96. The Kier molecular flexibility index (Phi) is 5.27. The Morgan fingerprint density at radius 2 is 2.12 bits per heavy atom. The molecule has 3 aliphatic rings. The van der Waals surface area contributed by atoms with Gasteiger partial charge in [0, 0.05) is 13.7 Å². The van der Waals surface area contributed by atoms with Gasteiger partial charge in [-0.2, -0.15) is 0 Å². The fourth-order valence-corrected chi connectivity index (χ4v) is 3.68. The van der Waals surface area contributed by atoms with Crippen LogP contribution in [0.25, 0.3) is 0 Å². The summed E-state index contributed by atoms with van der Waals surface area (Å²) in [6.45, 7) is 5.45. The molecule has 0 radical (unpaired) electrons. The summed E-state index contributed by atoms with van der Waals surface area (Å²) in [7, 11) is 1.61. The van der Waals surface area contributed by atoms with Gasteiger partial charge in [-0.15, -0.1) is 5.10 Å². The average molecular weight is 369 g/mol. The van der Waals surface area contributed by atoms with Crippen LogP contribution in [0.1, 0.15) is 38.8 Å². The van der Waals surface area contributed by atoms with E-state index in [-0.39, 0.29) is 24.6 Å². The topological polar surface area (TPSA) is 86.1 Å². The summed E-state index contributed by atoms with van der Waals surface area (Å²) in [5.41, 5.74) is 0.765. The largest absolute Gasteiger partial charge is 0.353 e. The van der Waals surface area contributed by atoms with Gasteiger partial charge in [0.1, 0.15) is 24.0 Å². The summed E-state index contributed by atoms with van der Waals surface area (Å²) in [6, 6.07) is 0. The summed E-state index contributed by atoms with van der Waals surface area (Å²) >= 11 is 0. The molecule has 1 aromatic heterocycles. The van der Waals surface area contributed by atoms with Gasteiger partial charge >= 0.3 is 0 Å². The molecule has 1 unspecified atom stereocenters. The Bertz CT molecular complexity index is 603. The van der Waals surface area contributed by atoms with E-state index in [2.05, 4.69) is 10.3 Å². The van der Waals surface area contributed by atoms with Crippen LogP contribution < -0.4 is 0 Å². The highest BCUT2D eigenvalue weighted by atomic mass is 16.8. The van der Waals surface area contributed by atoms with Crippen LogP contribution in [0.3, 0.4) is 0 Å². The van der Waals surface area contributed by atoms with Gasteiger partial charge < -0.3 is 28.4 Å². The van der Waals surface area contributed by atoms with Crippen molar-refractivity contribution in [2.45, 2.75) is 82.9 Å². The van der Waals surface area contributed by atoms with Gasteiger partial charge in [-0.3, -0.25) is 0 Å². The fourth-order valence-electron chi connectivity index (χ4n) is 3.68. The second kappa shape index (κ2) is 7.49. The number of hydrogen-bond acceptors (Lipinski definition) is 8. The van der Waals surface area contributed by atoms with Gasteiger partial charge in [0.2, 0.25) is 0 Å². The lowest BCUT2D eigenvalue weighted by Crippen LogP contribution is -2.33. The molecular weight excluding hydrogens is 342 g/mol. The first-order chi connectivity index (χ1) is 12.5. The maximum absolute atomic E-state index is 5.99. The molecule has 146 valence electrons. The minimum atomic E-state index is -0.643. The van der Waals surface area contributed by atoms with E-state index in [1.54, 1.807) is 11.8 Å². The van der Waals surface area contributed by atoms with Crippen molar-refractivity contribution >= 4 is 0 Å². The normalized spacial score (nSPS) is 36.3. The summed E-state index contributed by atoms with van der Waals surface area (Å²) in [5, 5.41) is 8.34. The Labute approximate surface area is 152 Å². The zero-order chi connectivity index (χ0) is 18.1. The van der Waals surface area contributed by atoms with Gasteiger partial charge in [0.25, 0.3) is 0 Å². The lowest BCUT2D eigenvalue weighted by molar-refractivity contribution is -0.228. The molecule has 0 aromatic carbocycles. The van der Waals surface area contributed by atoms with Crippen LogP contribution in [0.15, 0.2) is 6.20 Å². The predicted octanol–water partition coefficient (Wildman–Crippen LogP) is 1.21.